The molecule has 0 atom stereocenters. The van der Waals surface area contributed by atoms with Crippen molar-refractivity contribution in [1.29, 1.82) is 0 Å². The van der Waals surface area contributed by atoms with Crippen molar-refractivity contribution >= 4 is 21.6 Å². The van der Waals surface area contributed by atoms with Gasteiger partial charge in [-0.25, -0.2) is 13.1 Å². The molecule has 0 aliphatic rings. The normalized spacial score (nSPS) is 11.2. The Labute approximate surface area is 154 Å². The molecule has 0 saturated heterocycles. The number of amides is 1. The maximum absolute atomic E-state index is 12.1. The van der Waals surface area contributed by atoms with E-state index in [1.54, 1.807) is 19.2 Å². The lowest BCUT2D eigenvalue weighted by molar-refractivity contribution is -0.116. The molecule has 0 aromatic heterocycles. The van der Waals surface area contributed by atoms with Gasteiger partial charge in [0.25, 0.3) is 0 Å². The Kier molecular flexibility index (Phi) is 7.17. The minimum absolute atomic E-state index is 0.132. The largest absolute Gasteiger partial charge is 0.497 e. The van der Waals surface area contributed by atoms with E-state index in [-0.39, 0.29) is 10.8 Å². The SMILES string of the molecule is CCCNS(=O)(=O)c1ccc(NC(=O)CCc2cccc(OC)c2)cc1. The van der Waals surface area contributed by atoms with Crippen LogP contribution in [-0.4, -0.2) is 28.0 Å². The molecule has 0 saturated carbocycles. The minimum atomic E-state index is -3.50. The number of sulfonamides is 1. The molecular formula is C19H24N2O4S. The van der Waals surface area contributed by atoms with Gasteiger partial charge >= 0.3 is 0 Å². The fourth-order valence-corrected chi connectivity index (χ4v) is 3.48. The van der Waals surface area contributed by atoms with Crippen molar-refractivity contribution in [2.24, 2.45) is 0 Å². The summed E-state index contributed by atoms with van der Waals surface area (Å²) >= 11 is 0. The quantitative estimate of drug-likeness (QED) is 0.705. The van der Waals surface area contributed by atoms with Gasteiger partial charge in [-0.2, -0.15) is 0 Å². The fraction of sp³-hybridized carbons (Fsp3) is 0.316. The van der Waals surface area contributed by atoms with E-state index in [1.807, 2.05) is 31.2 Å². The topological polar surface area (TPSA) is 84.5 Å². The van der Waals surface area contributed by atoms with Crippen molar-refractivity contribution in [3.05, 3.63) is 54.1 Å². The van der Waals surface area contributed by atoms with E-state index in [2.05, 4.69) is 10.0 Å². The molecule has 26 heavy (non-hydrogen) atoms. The summed E-state index contributed by atoms with van der Waals surface area (Å²) < 4.78 is 31.7. The Hall–Kier alpha value is -2.38. The van der Waals surface area contributed by atoms with E-state index in [9.17, 15) is 13.2 Å². The van der Waals surface area contributed by atoms with Gasteiger partial charge in [0.15, 0.2) is 0 Å². The molecule has 140 valence electrons. The number of anilines is 1. The number of rotatable bonds is 9. The molecule has 6 nitrogen and oxygen atoms in total. The van der Waals surface area contributed by atoms with Crippen LogP contribution in [0.1, 0.15) is 25.3 Å². The van der Waals surface area contributed by atoms with Gasteiger partial charge in [0.05, 0.1) is 12.0 Å². The van der Waals surface area contributed by atoms with Gasteiger partial charge in [-0.1, -0.05) is 19.1 Å². The van der Waals surface area contributed by atoms with E-state index >= 15 is 0 Å². The molecule has 0 bridgehead atoms. The lowest BCUT2D eigenvalue weighted by Crippen LogP contribution is -2.24. The second-order valence-electron chi connectivity index (χ2n) is 5.82. The first kappa shape index (κ1) is 19.9. The van der Waals surface area contributed by atoms with Gasteiger partial charge in [0, 0.05) is 18.7 Å². The molecule has 2 aromatic carbocycles. The van der Waals surface area contributed by atoms with Crippen molar-refractivity contribution in [2.75, 3.05) is 19.0 Å². The maximum atomic E-state index is 12.1. The Balaban J connectivity index is 1.90. The highest BCUT2D eigenvalue weighted by atomic mass is 32.2. The number of carbonyl (C=O) groups excluding carboxylic acids is 1. The molecule has 0 aliphatic heterocycles. The Bertz CT molecular complexity index is 833. The highest BCUT2D eigenvalue weighted by Gasteiger charge is 2.13. The highest BCUT2D eigenvalue weighted by Crippen LogP contribution is 2.16. The third-order valence-electron chi connectivity index (χ3n) is 3.77. The van der Waals surface area contributed by atoms with E-state index in [4.69, 9.17) is 4.74 Å². The number of methoxy groups -OCH3 is 1. The standard InChI is InChI=1S/C19H24N2O4S/c1-3-13-20-26(23,24)18-10-8-16(9-11-18)21-19(22)12-7-15-5-4-6-17(14-15)25-2/h4-6,8-11,14,20H,3,7,12-13H2,1-2H3,(H,21,22). The predicted octanol–water partition coefficient (Wildman–Crippen LogP) is 2.95. The van der Waals surface area contributed by atoms with Crippen LogP contribution in [0.5, 0.6) is 5.75 Å². The van der Waals surface area contributed by atoms with Gasteiger partial charge in [-0.15, -0.1) is 0 Å². The maximum Gasteiger partial charge on any atom is 0.240 e. The average molecular weight is 376 g/mol. The smallest absolute Gasteiger partial charge is 0.240 e. The van der Waals surface area contributed by atoms with E-state index in [1.165, 1.54) is 12.1 Å². The van der Waals surface area contributed by atoms with Gasteiger partial charge in [0.1, 0.15) is 5.75 Å². The van der Waals surface area contributed by atoms with Crippen LogP contribution in [0.25, 0.3) is 0 Å². The molecule has 2 rings (SSSR count). The van der Waals surface area contributed by atoms with Crippen LogP contribution in [0.15, 0.2) is 53.4 Å². The zero-order valence-electron chi connectivity index (χ0n) is 15.0. The van der Waals surface area contributed by atoms with Crippen LogP contribution in [0.2, 0.25) is 0 Å². The van der Waals surface area contributed by atoms with E-state index < -0.39 is 10.0 Å². The number of benzene rings is 2. The third-order valence-corrected chi connectivity index (χ3v) is 5.24. The van der Waals surface area contributed by atoms with Gasteiger partial charge in [-0.3, -0.25) is 4.79 Å². The zero-order valence-corrected chi connectivity index (χ0v) is 15.8. The Morgan fingerprint density at radius 1 is 1.12 bits per heavy atom. The summed E-state index contributed by atoms with van der Waals surface area (Å²) in [5.74, 6) is 0.629. The average Bonchev–Trinajstić information content (AvgIpc) is 2.65. The summed E-state index contributed by atoms with van der Waals surface area (Å²) in [6, 6.07) is 13.7. The number of hydrogen-bond donors (Lipinski definition) is 2. The van der Waals surface area contributed by atoms with Crippen molar-refractivity contribution in [1.82, 2.24) is 4.72 Å². The molecule has 0 aliphatic carbocycles. The second kappa shape index (κ2) is 9.35. The summed E-state index contributed by atoms with van der Waals surface area (Å²) in [5, 5.41) is 2.78. The second-order valence-corrected chi connectivity index (χ2v) is 7.59. The van der Waals surface area contributed by atoms with Crippen LogP contribution in [0, 0.1) is 0 Å². The first-order chi connectivity index (χ1) is 12.4. The molecule has 2 aromatic rings. The molecular weight excluding hydrogens is 352 g/mol. The molecule has 0 spiro atoms. The highest BCUT2D eigenvalue weighted by molar-refractivity contribution is 7.89. The molecule has 0 heterocycles. The predicted molar refractivity (Wildman–Crippen MR) is 102 cm³/mol. The number of carbonyl (C=O) groups is 1. The molecule has 0 unspecified atom stereocenters. The van der Waals surface area contributed by atoms with Crippen molar-refractivity contribution in [2.45, 2.75) is 31.1 Å². The molecule has 2 N–H and O–H groups in total. The third kappa shape index (κ3) is 5.86. The summed E-state index contributed by atoms with van der Waals surface area (Å²) in [4.78, 5) is 12.3. The first-order valence-corrected chi connectivity index (χ1v) is 9.95. The van der Waals surface area contributed by atoms with Gasteiger partial charge < -0.3 is 10.1 Å². The fourth-order valence-electron chi connectivity index (χ4n) is 2.35. The van der Waals surface area contributed by atoms with Crippen LogP contribution in [0.3, 0.4) is 0 Å². The van der Waals surface area contributed by atoms with E-state index in [0.29, 0.717) is 25.1 Å². The summed E-state index contributed by atoms with van der Waals surface area (Å²) in [6.07, 6.45) is 1.64. The van der Waals surface area contributed by atoms with Crippen molar-refractivity contribution in [3.63, 3.8) is 0 Å². The molecule has 1 amide bonds. The lowest BCUT2D eigenvalue weighted by Gasteiger charge is -2.08. The van der Waals surface area contributed by atoms with Gasteiger partial charge in [0.2, 0.25) is 15.9 Å². The molecule has 7 heteroatoms. The summed E-state index contributed by atoms with van der Waals surface area (Å²) in [6.45, 7) is 2.29. The minimum Gasteiger partial charge on any atom is -0.497 e. The number of aryl methyl sites for hydroxylation is 1. The van der Waals surface area contributed by atoms with Crippen LogP contribution in [0.4, 0.5) is 5.69 Å². The Morgan fingerprint density at radius 3 is 2.50 bits per heavy atom. The number of ether oxygens (including phenoxy) is 1. The number of hydrogen-bond acceptors (Lipinski definition) is 4. The molecule has 0 fully saturated rings. The van der Waals surface area contributed by atoms with E-state index in [0.717, 1.165) is 17.7 Å². The zero-order chi connectivity index (χ0) is 19.0. The van der Waals surface area contributed by atoms with Crippen molar-refractivity contribution in [3.8, 4) is 5.75 Å². The van der Waals surface area contributed by atoms with Gasteiger partial charge in [-0.05, 0) is 54.8 Å². The van der Waals surface area contributed by atoms with Crippen LogP contribution >= 0.6 is 0 Å². The first-order valence-electron chi connectivity index (χ1n) is 8.47. The summed E-state index contributed by atoms with van der Waals surface area (Å²) in [5.41, 5.74) is 1.58. The number of nitrogens with one attached hydrogen (secondary N) is 2. The molecule has 0 radical (unpaired) electrons. The monoisotopic (exact) mass is 376 g/mol. The summed E-state index contributed by atoms with van der Waals surface area (Å²) in [7, 11) is -1.89. The van der Waals surface area contributed by atoms with Crippen molar-refractivity contribution < 1.29 is 17.9 Å². The van der Waals surface area contributed by atoms with Crippen LogP contribution < -0.4 is 14.8 Å². The lowest BCUT2D eigenvalue weighted by atomic mass is 10.1. The van der Waals surface area contributed by atoms with Crippen LogP contribution in [-0.2, 0) is 21.2 Å². The Morgan fingerprint density at radius 2 is 1.85 bits per heavy atom.